The van der Waals surface area contributed by atoms with Crippen LogP contribution < -0.4 is 5.32 Å². The Kier molecular flexibility index (Phi) is 6.99. The van der Waals surface area contributed by atoms with E-state index in [9.17, 15) is 0 Å². The van der Waals surface area contributed by atoms with Crippen molar-refractivity contribution >= 4 is 12.4 Å². The Morgan fingerprint density at radius 2 is 1.88 bits per heavy atom. The molecule has 17 heavy (non-hydrogen) atoms. The number of rotatable bonds is 5. The van der Waals surface area contributed by atoms with Crippen LogP contribution in [0.5, 0.6) is 0 Å². The molecular weight excluding hydrogens is 230 g/mol. The molecule has 0 saturated heterocycles. The first-order chi connectivity index (χ1) is 7.95. The van der Waals surface area contributed by atoms with Gasteiger partial charge in [0.1, 0.15) is 0 Å². The highest BCUT2D eigenvalue weighted by molar-refractivity contribution is 5.85. The monoisotopic (exact) mass is 251 g/mol. The Morgan fingerprint density at radius 1 is 1.06 bits per heavy atom. The van der Waals surface area contributed by atoms with Crippen LogP contribution in [0.4, 0.5) is 0 Å². The Morgan fingerprint density at radius 3 is 2.59 bits per heavy atom. The Hall–Kier alpha value is -0.790. The molecule has 0 spiro atoms. The summed E-state index contributed by atoms with van der Waals surface area (Å²) >= 11 is 0. The zero-order valence-electron chi connectivity index (χ0n) is 10.3. The third kappa shape index (κ3) is 5.38. The number of allylic oxidation sites excluding steroid dienone is 1. The molecule has 2 rings (SSSR count). The van der Waals surface area contributed by atoms with Crippen LogP contribution >= 0.6 is 12.4 Å². The van der Waals surface area contributed by atoms with Crippen molar-refractivity contribution < 1.29 is 0 Å². The fraction of sp³-hybridized carbons (Fsp3) is 0.467. The molecule has 0 aromatic heterocycles. The molecule has 0 bridgehead atoms. The zero-order chi connectivity index (χ0) is 11.1. The van der Waals surface area contributed by atoms with Crippen molar-refractivity contribution in [2.75, 3.05) is 6.54 Å². The lowest BCUT2D eigenvalue weighted by molar-refractivity contribution is 0.632. The highest BCUT2D eigenvalue weighted by Gasteiger charge is 2.02. The van der Waals surface area contributed by atoms with Gasteiger partial charge >= 0.3 is 0 Å². The summed E-state index contributed by atoms with van der Waals surface area (Å²) in [5, 5.41) is 3.51. The van der Waals surface area contributed by atoms with E-state index in [2.05, 4.69) is 41.7 Å². The van der Waals surface area contributed by atoms with Crippen LogP contribution in [-0.4, -0.2) is 6.54 Å². The van der Waals surface area contributed by atoms with Crippen molar-refractivity contribution in [2.24, 2.45) is 0 Å². The van der Waals surface area contributed by atoms with Gasteiger partial charge in [0, 0.05) is 6.54 Å². The fourth-order valence-corrected chi connectivity index (χ4v) is 2.21. The zero-order valence-corrected chi connectivity index (χ0v) is 11.1. The van der Waals surface area contributed by atoms with Gasteiger partial charge < -0.3 is 5.32 Å². The molecule has 0 fully saturated rings. The van der Waals surface area contributed by atoms with Crippen molar-refractivity contribution in [2.45, 2.75) is 38.6 Å². The first-order valence-electron chi connectivity index (χ1n) is 6.38. The van der Waals surface area contributed by atoms with Crippen LogP contribution in [0.25, 0.3) is 0 Å². The van der Waals surface area contributed by atoms with Crippen LogP contribution in [0.2, 0.25) is 0 Å². The topological polar surface area (TPSA) is 12.0 Å². The number of hydrogen-bond donors (Lipinski definition) is 1. The normalized spacial score (nSPS) is 14.9. The van der Waals surface area contributed by atoms with Crippen molar-refractivity contribution in [3.05, 3.63) is 47.5 Å². The molecule has 0 unspecified atom stereocenters. The number of nitrogens with one attached hydrogen (secondary N) is 1. The van der Waals surface area contributed by atoms with E-state index in [0.717, 1.165) is 13.1 Å². The maximum atomic E-state index is 3.51. The summed E-state index contributed by atoms with van der Waals surface area (Å²) in [6.45, 7) is 2.11. The highest BCUT2D eigenvalue weighted by Crippen LogP contribution is 2.19. The predicted octanol–water partition coefficient (Wildman–Crippen LogP) is 4.09. The summed E-state index contributed by atoms with van der Waals surface area (Å²) in [5.74, 6) is 0. The molecule has 0 aliphatic heterocycles. The lowest BCUT2D eigenvalue weighted by atomic mass is 9.97. The van der Waals surface area contributed by atoms with Crippen molar-refractivity contribution in [3.63, 3.8) is 0 Å². The van der Waals surface area contributed by atoms with E-state index < -0.39 is 0 Å². The molecule has 1 N–H and O–H groups in total. The Bertz CT molecular complexity index is 332. The van der Waals surface area contributed by atoms with E-state index in [-0.39, 0.29) is 12.4 Å². The van der Waals surface area contributed by atoms with E-state index in [0.29, 0.717) is 0 Å². The molecule has 1 aromatic rings. The molecule has 2 heteroatoms. The van der Waals surface area contributed by atoms with Gasteiger partial charge in [-0.2, -0.15) is 0 Å². The van der Waals surface area contributed by atoms with Gasteiger partial charge in [-0.05, 0) is 44.2 Å². The summed E-state index contributed by atoms with van der Waals surface area (Å²) in [5.41, 5.74) is 3.03. The van der Waals surface area contributed by atoms with Crippen LogP contribution in [0, 0.1) is 0 Å². The maximum Gasteiger partial charge on any atom is 0.0205 e. The average Bonchev–Trinajstić information content (AvgIpc) is 2.37. The van der Waals surface area contributed by atoms with Gasteiger partial charge in [0.05, 0.1) is 0 Å². The van der Waals surface area contributed by atoms with E-state index in [4.69, 9.17) is 0 Å². The standard InChI is InChI=1S/C15H21N.ClH/c1-3-7-14(8-4-1)11-12-16-13-15-9-5-2-6-10-15;/h2,5-7,9-10,16H,1,3-4,8,11-13H2;1H. The lowest BCUT2D eigenvalue weighted by Gasteiger charge is -2.12. The minimum Gasteiger partial charge on any atom is -0.312 e. The van der Waals surface area contributed by atoms with Crippen molar-refractivity contribution in [1.29, 1.82) is 0 Å². The summed E-state index contributed by atoms with van der Waals surface area (Å²) in [6, 6.07) is 10.6. The summed E-state index contributed by atoms with van der Waals surface area (Å²) < 4.78 is 0. The minimum atomic E-state index is 0. The van der Waals surface area contributed by atoms with Crippen molar-refractivity contribution in [1.82, 2.24) is 5.32 Å². The molecule has 0 heterocycles. The molecule has 0 saturated carbocycles. The number of benzene rings is 1. The van der Waals surface area contributed by atoms with E-state index in [1.165, 1.54) is 37.7 Å². The molecule has 1 aliphatic carbocycles. The van der Waals surface area contributed by atoms with Crippen LogP contribution in [0.1, 0.15) is 37.7 Å². The van der Waals surface area contributed by atoms with Crippen LogP contribution in [-0.2, 0) is 6.54 Å². The van der Waals surface area contributed by atoms with E-state index in [1.54, 1.807) is 5.57 Å². The second-order valence-corrected chi connectivity index (χ2v) is 4.52. The van der Waals surface area contributed by atoms with Gasteiger partial charge in [-0.1, -0.05) is 42.0 Å². The molecule has 0 radical (unpaired) electrons. The molecule has 94 valence electrons. The maximum absolute atomic E-state index is 3.51. The SMILES string of the molecule is C1=C(CCNCc2ccccc2)CCCC1.Cl. The first-order valence-corrected chi connectivity index (χ1v) is 6.38. The average molecular weight is 252 g/mol. The van der Waals surface area contributed by atoms with Crippen LogP contribution in [0.3, 0.4) is 0 Å². The van der Waals surface area contributed by atoms with E-state index >= 15 is 0 Å². The minimum absolute atomic E-state index is 0. The highest BCUT2D eigenvalue weighted by atomic mass is 35.5. The Balaban J connectivity index is 0.00000144. The number of halogens is 1. The van der Waals surface area contributed by atoms with E-state index in [1.807, 2.05) is 0 Å². The number of hydrogen-bond acceptors (Lipinski definition) is 1. The Labute approximate surface area is 111 Å². The van der Waals surface area contributed by atoms with Gasteiger partial charge in [-0.25, -0.2) is 0 Å². The fourth-order valence-electron chi connectivity index (χ4n) is 2.21. The van der Waals surface area contributed by atoms with Crippen molar-refractivity contribution in [3.8, 4) is 0 Å². The van der Waals surface area contributed by atoms with Gasteiger partial charge in [0.25, 0.3) is 0 Å². The molecular formula is C15H22ClN. The smallest absolute Gasteiger partial charge is 0.0205 e. The molecule has 1 aliphatic rings. The summed E-state index contributed by atoms with van der Waals surface area (Å²) in [6.07, 6.45) is 9.08. The lowest BCUT2D eigenvalue weighted by Crippen LogP contribution is -2.15. The molecule has 1 nitrogen and oxygen atoms in total. The first kappa shape index (κ1) is 14.3. The predicted molar refractivity (Wildman–Crippen MR) is 76.6 cm³/mol. The third-order valence-corrected chi connectivity index (χ3v) is 3.18. The largest absolute Gasteiger partial charge is 0.312 e. The quantitative estimate of drug-likeness (QED) is 0.614. The second kappa shape index (κ2) is 8.32. The van der Waals surface area contributed by atoms with Gasteiger partial charge in [-0.3, -0.25) is 0 Å². The molecule has 0 amide bonds. The van der Waals surface area contributed by atoms with Crippen LogP contribution in [0.15, 0.2) is 42.0 Å². The van der Waals surface area contributed by atoms with Gasteiger partial charge in [0.2, 0.25) is 0 Å². The van der Waals surface area contributed by atoms with Gasteiger partial charge in [-0.15, -0.1) is 12.4 Å². The van der Waals surface area contributed by atoms with Gasteiger partial charge in [0.15, 0.2) is 0 Å². The molecule has 1 aromatic carbocycles. The summed E-state index contributed by atoms with van der Waals surface area (Å²) in [4.78, 5) is 0. The summed E-state index contributed by atoms with van der Waals surface area (Å²) in [7, 11) is 0. The third-order valence-electron chi connectivity index (χ3n) is 3.18. The molecule has 0 atom stereocenters. The second-order valence-electron chi connectivity index (χ2n) is 4.52.